The Kier molecular flexibility index (Phi) is 3.76. The predicted molar refractivity (Wildman–Crippen MR) is 69.4 cm³/mol. The van der Waals surface area contributed by atoms with Gasteiger partial charge in [0.2, 0.25) is 0 Å². The van der Waals surface area contributed by atoms with E-state index in [2.05, 4.69) is 0 Å². The van der Waals surface area contributed by atoms with Crippen LogP contribution in [0.4, 0.5) is 0 Å². The monoisotopic (exact) mass is 280 g/mol. The van der Waals surface area contributed by atoms with E-state index in [1.54, 1.807) is 18.4 Å². The summed E-state index contributed by atoms with van der Waals surface area (Å²) >= 11 is 1.86. The number of nitrogens with zero attached hydrogens (tertiary/aromatic N) is 2. The fourth-order valence-corrected chi connectivity index (χ4v) is 5.35. The lowest BCUT2D eigenvalue weighted by molar-refractivity contribution is 0.0592. The Morgan fingerprint density at radius 3 is 2.65 bits per heavy atom. The lowest BCUT2D eigenvalue weighted by Gasteiger charge is -2.46. The average molecular weight is 280 g/mol. The summed E-state index contributed by atoms with van der Waals surface area (Å²) in [5.74, 6) is 0.990. The topological polar surface area (TPSA) is 49.9 Å². The summed E-state index contributed by atoms with van der Waals surface area (Å²) in [6.07, 6.45) is 1.28. The van der Waals surface area contributed by atoms with E-state index in [0.717, 1.165) is 18.8 Å². The molecule has 2 aliphatic heterocycles. The first-order chi connectivity index (χ1) is 7.89. The van der Waals surface area contributed by atoms with Gasteiger partial charge in [-0.25, -0.2) is 0 Å². The standard InChI is InChI=1S/C10H20N2O3S2/c1-4-15-9-5-10(16-6-9)7-12(8-10)17(13,14)11(2)3/h9H,4-8H2,1-3H3. The molecule has 1 atom stereocenters. The number of ether oxygens (including phenoxy) is 1. The molecule has 1 unspecified atom stereocenters. The first-order valence-corrected chi connectivity index (χ1v) is 8.21. The molecule has 0 radical (unpaired) electrons. The van der Waals surface area contributed by atoms with Crippen LogP contribution in [0.15, 0.2) is 0 Å². The van der Waals surface area contributed by atoms with Crippen molar-refractivity contribution in [3.63, 3.8) is 0 Å². The van der Waals surface area contributed by atoms with Crippen molar-refractivity contribution in [1.29, 1.82) is 0 Å². The summed E-state index contributed by atoms with van der Waals surface area (Å²) in [7, 11) is -0.0718. The average Bonchev–Trinajstić information content (AvgIpc) is 2.60. The Morgan fingerprint density at radius 1 is 1.47 bits per heavy atom. The second kappa shape index (κ2) is 4.70. The van der Waals surface area contributed by atoms with E-state index in [4.69, 9.17) is 4.74 Å². The molecular formula is C10H20N2O3S2. The molecule has 7 heteroatoms. The van der Waals surface area contributed by atoms with Crippen LogP contribution in [-0.2, 0) is 14.9 Å². The van der Waals surface area contributed by atoms with Gasteiger partial charge in [-0.2, -0.15) is 17.0 Å². The van der Waals surface area contributed by atoms with E-state index in [0.29, 0.717) is 19.2 Å². The largest absolute Gasteiger partial charge is 0.378 e. The van der Waals surface area contributed by atoms with Gasteiger partial charge in [0.25, 0.3) is 10.2 Å². The van der Waals surface area contributed by atoms with Crippen LogP contribution in [0.5, 0.6) is 0 Å². The third-order valence-corrected chi connectivity index (χ3v) is 6.70. The van der Waals surface area contributed by atoms with Crippen molar-refractivity contribution in [1.82, 2.24) is 8.61 Å². The zero-order chi connectivity index (χ0) is 12.7. The summed E-state index contributed by atoms with van der Waals surface area (Å²) in [5, 5.41) is 0. The van der Waals surface area contributed by atoms with E-state index < -0.39 is 10.2 Å². The summed E-state index contributed by atoms with van der Waals surface area (Å²) in [6, 6.07) is 0. The molecule has 0 saturated carbocycles. The molecular weight excluding hydrogens is 260 g/mol. The molecule has 2 fully saturated rings. The van der Waals surface area contributed by atoms with Gasteiger partial charge in [-0.05, 0) is 13.3 Å². The highest BCUT2D eigenvalue weighted by atomic mass is 32.2. The molecule has 2 rings (SSSR count). The fraction of sp³-hybridized carbons (Fsp3) is 1.00. The maximum absolute atomic E-state index is 11.9. The highest BCUT2D eigenvalue weighted by Crippen LogP contribution is 2.46. The van der Waals surface area contributed by atoms with Crippen molar-refractivity contribution in [2.75, 3.05) is 39.5 Å². The van der Waals surface area contributed by atoms with Crippen molar-refractivity contribution >= 4 is 22.0 Å². The molecule has 2 heterocycles. The van der Waals surface area contributed by atoms with Crippen LogP contribution in [0.1, 0.15) is 13.3 Å². The van der Waals surface area contributed by atoms with Gasteiger partial charge >= 0.3 is 0 Å². The van der Waals surface area contributed by atoms with Gasteiger partial charge < -0.3 is 4.74 Å². The molecule has 0 aromatic carbocycles. The third kappa shape index (κ3) is 2.49. The Balaban J connectivity index is 1.91. The summed E-state index contributed by atoms with van der Waals surface area (Å²) in [6.45, 7) is 3.99. The molecule has 0 aromatic heterocycles. The minimum Gasteiger partial charge on any atom is -0.378 e. The van der Waals surface area contributed by atoms with Crippen LogP contribution < -0.4 is 0 Å². The Hall–Kier alpha value is 0.180. The molecule has 17 heavy (non-hydrogen) atoms. The zero-order valence-electron chi connectivity index (χ0n) is 10.5. The van der Waals surface area contributed by atoms with E-state index >= 15 is 0 Å². The van der Waals surface area contributed by atoms with Crippen molar-refractivity contribution in [2.45, 2.75) is 24.2 Å². The van der Waals surface area contributed by atoms with E-state index in [9.17, 15) is 8.42 Å². The second-order valence-electron chi connectivity index (χ2n) is 4.83. The highest BCUT2D eigenvalue weighted by Gasteiger charge is 2.53. The quantitative estimate of drug-likeness (QED) is 0.747. The molecule has 0 aliphatic carbocycles. The SMILES string of the molecule is CCOC1CSC2(C1)CN(S(=O)(=O)N(C)C)C2. The van der Waals surface area contributed by atoms with Gasteiger partial charge in [-0.3, -0.25) is 0 Å². The van der Waals surface area contributed by atoms with Crippen LogP contribution in [0.2, 0.25) is 0 Å². The Labute approximate surface area is 108 Å². The van der Waals surface area contributed by atoms with E-state index in [1.165, 1.54) is 4.31 Å². The molecule has 0 amide bonds. The van der Waals surface area contributed by atoms with E-state index in [-0.39, 0.29) is 4.75 Å². The van der Waals surface area contributed by atoms with Crippen molar-refractivity contribution in [3.05, 3.63) is 0 Å². The molecule has 0 aromatic rings. The number of thioether (sulfide) groups is 1. The molecule has 100 valence electrons. The first kappa shape index (κ1) is 13.6. The lowest BCUT2D eigenvalue weighted by Crippen LogP contribution is -2.62. The summed E-state index contributed by atoms with van der Waals surface area (Å²) in [4.78, 5) is 0. The Bertz CT molecular complexity index is 377. The summed E-state index contributed by atoms with van der Waals surface area (Å²) in [5.41, 5.74) is 0. The molecule has 1 spiro atoms. The minimum atomic E-state index is -3.22. The van der Waals surface area contributed by atoms with Gasteiger partial charge in [-0.1, -0.05) is 0 Å². The van der Waals surface area contributed by atoms with Gasteiger partial charge in [0.05, 0.1) is 6.10 Å². The lowest BCUT2D eigenvalue weighted by atomic mass is 9.95. The van der Waals surface area contributed by atoms with Crippen molar-refractivity contribution in [2.24, 2.45) is 0 Å². The van der Waals surface area contributed by atoms with Gasteiger partial charge in [0, 0.05) is 44.3 Å². The van der Waals surface area contributed by atoms with Crippen LogP contribution in [0, 0.1) is 0 Å². The predicted octanol–water partition coefficient (Wildman–Crippen LogP) is 0.389. The van der Waals surface area contributed by atoms with Crippen LogP contribution in [0.25, 0.3) is 0 Å². The first-order valence-electron chi connectivity index (χ1n) is 5.83. The number of hydrogen-bond acceptors (Lipinski definition) is 4. The van der Waals surface area contributed by atoms with Crippen molar-refractivity contribution < 1.29 is 13.2 Å². The number of rotatable bonds is 4. The maximum Gasteiger partial charge on any atom is 0.281 e. The van der Waals surface area contributed by atoms with Gasteiger partial charge in [0.15, 0.2) is 0 Å². The highest BCUT2D eigenvalue weighted by molar-refractivity contribution is 8.01. The van der Waals surface area contributed by atoms with Crippen molar-refractivity contribution in [3.8, 4) is 0 Å². The van der Waals surface area contributed by atoms with Crippen LogP contribution >= 0.6 is 11.8 Å². The maximum atomic E-state index is 11.9. The van der Waals surface area contributed by atoms with E-state index in [1.807, 2.05) is 18.7 Å². The number of hydrogen-bond donors (Lipinski definition) is 0. The smallest absolute Gasteiger partial charge is 0.281 e. The molecule has 2 aliphatic rings. The molecule has 5 nitrogen and oxygen atoms in total. The Morgan fingerprint density at radius 2 is 2.12 bits per heavy atom. The molecule has 0 bridgehead atoms. The normalized spacial score (nSPS) is 28.8. The van der Waals surface area contributed by atoms with Gasteiger partial charge in [-0.15, -0.1) is 11.8 Å². The second-order valence-corrected chi connectivity index (χ2v) is 8.46. The fourth-order valence-electron chi connectivity index (χ4n) is 2.36. The zero-order valence-corrected chi connectivity index (χ0v) is 12.2. The van der Waals surface area contributed by atoms with Gasteiger partial charge in [0.1, 0.15) is 0 Å². The third-order valence-electron chi connectivity index (χ3n) is 3.29. The molecule has 2 saturated heterocycles. The minimum absolute atomic E-state index is 0.114. The van der Waals surface area contributed by atoms with Crippen LogP contribution in [0.3, 0.4) is 0 Å². The van der Waals surface area contributed by atoms with Crippen LogP contribution in [-0.4, -0.2) is 67.4 Å². The molecule has 0 N–H and O–H groups in total. The summed E-state index contributed by atoms with van der Waals surface area (Å²) < 4.78 is 32.3.